The molecule has 2 N–H and O–H groups in total. The van der Waals surface area contributed by atoms with Crippen molar-refractivity contribution in [1.29, 1.82) is 0 Å². The van der Waals surface area contributed by atoms with E-state index in [1.165, 1.54) is 6.07 Å². The molecule has 0 spiro atoms. The molecule has 1 atom stereocenters. The summed E-state index contributed by atoms with van der Waals surface area (Å²) in [5, 5.41) is 13.0. The number of hydrogen-bond donors (Lipinski definition) is 2. The van der Waals surface area contributed by atoms with Crippen molar-refractivity contribution in [1.82, 2.24) is 5.32 Å². The van der Waals surface area contributed by atoms with Crippen LogP contribution in [0.5, 0.6) is 5.75 Å². The maximum Gasteiger partial charge on any atom is 0.129 e. The van der Waals surface area contributed by atoms with E-state index in [4.69, 9.17) is 11.6 Å². The molecule has 0 heterocycles. The Bertz CT molecular complexity index is 571. The fourth-order valence-corrected chi connectivity index (χ4v) is 2.35. The van der Waals surface area contributed by atoms with Gasteiger partial charge in [0.15, 0.2) is 0 Å². The summed E-state index contributed by atoms with van der Waals surface area (Å²) in [7, 11) is 0. The molecule has 2 aromatic rings. The highest BCUT2D eigenvalue weighted by atomic mass is 35.5. The van der Waals surface area contributed by atoms with Gasteiger partial charge in [-0.3, -0.25) is 0 Å². The van der Waals surface area contributed by atoms with Crippen LogP contribution in [0, 0.1) is 5.82 Å². The van der Waals surface area contributed by atoms with Gasteiger partial charge in [0.1, 0.15) is 11.6 Å². The van der Waals surface area contributed by atoms with Crippen molar-refractivity contribution < 1.29 is 9.50 Å². The quantitative estimate of drug-likeness (QED) is 0.871. The lowest BCUT2D eigenvalue weighted by Crippen LogP contribution is -2.23. The molecule has 0 saturated carbocycles. The summed E-state index contributed by atoms with van der Waals surface area (Å²) in [4.78, 5) is 0. The standard InChI is InChI=1S/C16H17ClFNO/c1-2-19-16(9-11-3-6-13(20)7-4-11)14-8-5-12(17)10-15(14)18/h3-8,10,16,19-20H,2,9H2,1H3. The van der Waals surface area contributed by atoms with Gasteiger partial charge in [-0.1, -0.05) is 36.7 Å². The fourth-order valence-electron chi connectivity index (χ4n) is 2.19. The summed E-state index contributed by atoms with van der Waals surface area (Å²) in [6.45, 7) is 2.72. The molecule has 0 aliphatic heterocycles. The number of likely N-dealkylation sites (N-methyl/N-ethyl adjacent to an activating group) is 1. The van der Waals surface area contributed by atoms with E-state index in [0.29, 0.717) is 17.0 Å². The molecule has 0 radical (unpaired) electrons. The number of nitrogens with one attached hydrogen (secondary N) is 1. The van der Waals surface area contributed by atoms with E-state index in [-0.39, 0.29) is 17.6 Å². The van der Waals surface area contributed by atoms with E-state index >= 15 is 0 Å². The average Bonchev–Trinajstić information content (AvgIpc) is 2.41. The van der Waals surface area contributed by atoms with Gasteiger partial charge in [-0.15, -0.1) is 0 Å². The Balaban J connectivity index is 2.24. The van der Waals surface area contributed by atoms with Crippen LogP contribution in [-0.2, 0) is 6.42 Å². The molecule has 2 rings (SSSR count). The van der Waals surface area contributed by atoms with Gasteiger partial charge in [0.25, 0.3) is 0 Å². The van der Waals surface area contributed by atoms with Gasteiger partial charge in [-0.25, -0.2) is 4.39 Å². The maximum absolute atomic E-state index is 14.0. The second-order valence-corrected chi connectivity index (χ2v) is 5.08. The van der Waals surface area contributed by atoms with Crippen molar-refractivity contribution in [2.24, 2.45) is 0 Å². The van der Waals surface area contributed by atoms with E-state index in [2.05, 4.69) is 5.32 Å². The Morgan fingerprint density at radius 2 is 1.90 bits per heavy atom. The van der Waals surface area contributed by atoms with Crippen molar-refractivity contribution in [2.45, 2.75) is 19.4 Å². The Labute approximate surface area is 123 Å². The highest BCUT2D eigenvalue weighted by Gasteiger charge is 2.15. The number of halogens is 2. The normalized spacial score (nSPS) is 12.3. The van der Waals surface area contributed by atoms with E-state index in [9.17, 15) is 9.50 Å². The Hall–Kier alpha value is -1.58. The van der Waals surface area contributed by atoms with Crippen LogP contribution in [-0.4, -0.2) is 11.7 Å². The van der Waals surface area contributed by atoms with Crippen LogP contribution in [0.3, 0.4) is 0 Å². The lowest BCUT2D eigenvalue weighted by atomic mass is 9.98. The van der Waals surface area contributed by atoms with E-state index in [1.54, 1.807) is 24.3 Å². The van der Waals surface area contributed by atoms with Gasteiger partial charge in [-0.2, -0.15) is 0 Å². The minimum atomic E-state index is -0.303. The molecular weight excluding hydrogens is 277 g/mol. The van der Waals surface area contributed by atoms with Gasteiger partial charge in [0.2, 0.25) is 0 Å². The van der Waals surface area contributed by atoms with Crippen molar-refractivity contribution >= 4 is 11.6 Å². The highest BCUT2D eigenvalue weighted by molar-refractivity contribution is 6.30. The minimum Gasteiger partial charge on any atom is -0.508 e. The molecule has 1 unspecified atom stereocenters. The summed E-state index contributed by atoms with van der Waals surface area (Å²) in [6.07, 6.45) is 0.646. The summed E-state index contributed by atoms with van der Waals surface area (Å²) in [5.41, 5.74) is 1.63. The van der Waals surface area contributed by atoms with Crippen LogP contribution in [0.4, 0.5) is 4.39 Å². The third kappa shape index (κ3) is 3.71. The predicted molar refractivity (Wildman–Crippen MR) is 79.6 cm³/mol. The molecule has 106 valence electrons. The van der Waals surface area contributed by atoms with Crippen LogP contribution < -0.4 is 5.32 Å². The van der Waals surface area contributed by atoms with Crippen molar-refractivity contribution in [3.8, 4) is 5.75 Å². The molecule has 0 aliphatic rings. The average molecular weight is 294 g/mol. The van der Waals surface area contributed by atoms with E-state index in [1.807, 2.05) is 19.1 Å². The summed E-state index contributed by atoms with van der Waals surface area (Å²) in [5.74, 6) is -0.0753. The summed E-state index contributed by atoms with van der Waals surface area (Å²) < 4.78 is 14.0. The van der Waals surface area contributed by atoms with E-state index in [0.717, 1.165) is 12.1 Å². The van der Waals surface area contributed by atoms with E-state index < -0.39 is 0 Å². The molecule has 0 saturated heterocycles. The Morgan fingerprint density at radius 3 is 2.50 bits per heavy atom. The molecule has 0 bridgehead atoms. The number of benzene rings is 2. The van der Waals surface area contributed by atoms with Gasteiger partial charge in [-0.05, 0) is 42.8 Å². The molecule has 4 heteroatoms. The van der Waals surface area contributed by atoms with Crippen molar-refractivity contribution in [3.05, 3.63) is 64.4 Å². The smallest absolute Gasteiger partial charge is 0.129 e. The van der Waals surface area contributed by atoms with Crippen LogP contribution >= 0.6 is 11.6 Å². The van der Waals surface area contributed by atoms with Crippen molar-refractivity contribution in [2.75, 3.05) is 6.54 Å². The minimum absolute atomic E-state index is 0.123. The van der Waals surface area contributed by atoms with Gasteiger partial charge < -0.3 is 10.4 Å². The summed E-state index contributed by atoms with van der Waals surface area (Å²) in [6, 6.07) is 11.6. The number of phenols is 1. The first-order chi connectivity index (χ1) is 9.60. The lowest BCUT2D eigenvalue weighted by Gasteiger charge is -2.19. The number of aromatic hydroxyl groups is 1. The van der Waals surface area contributed by atoms with Crippen LogP contribution in [0.1, 0.15) is 24.1 Å². The Morgan fingerprint density at radius 1 is 1.20 bits per heavy atom. The lowest BCUT2D eigenvalue weighted by molar-refractivity contribution is 0.474. The SMILES string of the molecule is CCNC(Cc1ccc(O)cc1)c1ccc(Cl)cc1F. The molecule has 2 nitrogen and oxygen atoms in total. The molecule has 0 aliphatic carbocycles. The van der Waals surface area contributed by atoms with Crippen LogP contribution in [0.2, 0.25) is 5.02 Å². The molecule has 0 fully saturated rings. The number of hydrogen-bond acceptors (Lipinski definition) is 2. The maximum atomic E-state index is 14.0. The monoisotopic (exact) mass is 293 g/mol. The second-order valence-electron chi connectivity index (χ2n) is 4.65. The number of rotatable bonds is 5. The fraction of sp³-hybridized carbons (Fsp3) is 0.250. The molecular formula is C16H17ClFNO. The number of phenolic OH excluding ortho intramolecular Hbond substituents is 1. The largest absolute Gasteiger partial charge is 0.508 e. The van der Waals surface area contributed by atoms with Crippen LogP contribution in [0.25, 0.3) is 0 Å². The van der Waals surface area contributed by atoms with Crippen molar-refractivity contribution in [3.63, 3.8) is 0 Å². The molecule has 2 aromatic carbocycles. The molecule has 20 heavy (non-hydrogen) atoms. The zero-order chi connectivity index (χ0) is 14.5. The first-order valence-corrected chi connectivity index (χ1v) is 6.94. The first kappa shape index (κ1) is 14.8. The van der Waals surface area contributed by atoms with Crippen LogP contribution in [0.15, 0.2) is 42.5 Å². The zero-order valence-corrected chi connectivity index (χ0v) is 12.0. The topological polar surface area (TPSA) is 32.3 Å². The third-order valence-corrected chi connectivity index (χ3v) is 3.40. The molecule has 0 amide bonds. The second kappa shape index (κ2) is 6.73. The third-order valence-electron chi connectivity index (χ3n) is 3.16. The predicted octanol–water partition coefficient (Wildman–Crippen LogP) is 4.08. The Kier molecular flexibility index (Phi) is 4.99. The summed E-state index contributed by atoms with van der Waals surface area (Å²) >= 11 is 5.79. The first-order valence-electron chi connectivity index (χ1n) is 6.56. The molecule has 0 aromatic heterocycles. The van der Waals surface area contributed by atoms with Gasteiger partial charge >= 0.3 is 0 Å². The van der Waals surface area contributed by atoms with Gasteiger partial charge in [0.05, 0.1) is 0 Å². The highest BCUT2D eigenvalue weighted by Crippen LogP contribution is 2.24. The zero-order valence-electron chi connectivity index (χ0n) is 11.2. The van der Waals surface area contributed by atoms with Gasteiger partial charge in [0, 0.05) is 16.6 Å².